The molecule has 0 spiro atoms. The Morgan fingerprint density at radius 2 is 2.47 bits per heavy atom. The molecule has 2 heterocycles. The SMILES string of the molecule is CCc1nocc1CN[C@H](C)[C@H]1CCCOC1. The van der Waals surface area contributed by atoms with E-state index in [-0.39, 0.29) is 0 Å². The second-order valence-corrected chi connectivity index (χ2v) is 4.79. The molecule has 17 heavy (non-hydrogen) atoms. The quantitative estimate of drug-likeness (QED) is 0.853. The highest BCUT2D eigenvalue weighted by molar-refractivity contribution is 5.14. The normalized spacial score (nSPS) is 22.6. The first-order valence-corrected chi connectivity index (χ1v) is 6.54. The number of ether oxygens (including phenoxy) is 1. The van der Waals surface area contributed by atoms with E-state index in [1.807, 2.05) is 0 Å². The molecule has 4 heteroatoms. The molecule has 4 nitrogen and oxygen atoms in total. The highest BCUT2D eigenvalue weighted by Crippen LogP contribution is 2.18. The molecule has 0 amide bonds. The molecule has 1 aliphatic rings. The van der Waals surface area contributed by atoms with Crippen molar-refractivity contribution in [3.05, 3.63) is 17.5 Å². The van der Waals surface area contributed by atoms with Gasteiger partial charge >= 0.3 is 0 Å². The van der Waals surface area contributed by atoms with Crippen molar-refractivity contribution in [2.24, 2.45) is 5.92 Å². The fourth-order valence-corrected chi connectivity index (χ4v) is 2.31. The first kappa shape index (κ1) is 12.6. The number of rotatable bonds is 5. The molecule has 2 atom stereocenters. The topological polar surface area (TPSA) is 47.3 Å². The highest BCUT2D eigenvalue weighted by Gasteiger charge is 2.20. The largest absolute Gasteiger partial charge is 0.381 e. The predicted molar refractivity (Wildman–Crippen MR) is 65.7 cm³/mol. The molecule has 0 aromatic carbocycles. The van der Waals surface area contributed by atoms with Gasteiger partial charge in [0.25, 0.3) is 0 Å². The Labute approximate surface area is 103 Å². The van der Waals surface area contributed by atoms with Crippen LogP contribution in [0.5, 0.6) is 0 Å². The minimum Gasteiger partial charge on any atom is -0.381 e. The molecule has 0 radical (unpaired) electrons. The van der Waals surface area contributed by atoms with Gasteiger partial charge in [-0.15, -0.1) is 0 Å². The summed E-state index contributed by atoms with van der Waals surface area (Å²) < 4.78 is 10.5. The lowest BCUT2D eigenvalue weighted by Gasteiger charge is -2.28. The van der Waals surface area contributed by atoms with E-state index < -0.39 is 0 Å². The molecule has 0 unspecified atom stereocenters. The van der Waals surface area contributed by atoms with Crippen molar-refractivity contribution in [1.82, 2.24) is 10.5 Å². The second kappa shape index (κ2) is 6.17. The van der Waals surface area contributed by atoms with Crippen molar-refractivity contribution in [2.45, 2.75) is 45.7 Å². The summed E-state index contributed by atoms with van der Waals surface area (Å²) in [6.07, 6.45) is 5.12. The molecular weight excluding hydrogens is 216 g/mol. The zero-order chi connectivity index (χ0) is 12.1. The van der Waals surface area contributed by atoms with Gasteiger partial charge in [-0.1, -0.05) is 12.1 Å². The summed E-state index contributed by atoms with van der Waals surface area (Å²) in [5.41, 5.74) is 2.24. The summed E-state index contributed by atoms with van der Waals surface area (Å²) >= 11 is 0. The van der Waals surface area contributed by atoms with Gasteiger partial charge in [-0.05, 0) is 32.1 Å². The van der Waals surface area contributed by atoms with Crippen LogP contribution in [0.2, 0.25) is 0 Å². The average Bonchev–Trinajstić information content (AvgIpc) is 2.84. The fourth-order valence-electron chi connectivity index (χ4n) is 2.31. The monoisotopic (exact) mass is 238 g/mol. The van der Waals surface area contributed by atoms with Crippen LogP contribution in [-0.2, 0) is 17.7 Å². The molecule has 96 valence electrons. The van der Waals surface area contributed by atoms with E-state index in [1.54, 1.807) is 6.26 Å². The molecule has 2 rings (SSSR count). The lowest BCUT2D eigenvalue weighted by molar-refractivity contribution is 0.0417. The van der Waals surface area contributed by atoms with Gasteiger partial charge in [0, 0.05) is 24.8 Å². The Hall–Kier alpha value is -0.870. The van der Waals surface area contributed by atoms with Crippen LogP contribution in [0.25, 0.3) is 0 Å². The molecule has 1 N–H and O–H groups in total. The lowest BCUT2D eigenvalue weighted by Crippen LogP contribution is -2.37. The van der Waals surface area contributed by atoms with Crippen molar-refractivity contribution < 1.29 is 9.26 Å². The van der Waals surface area contributed by atoms with E-state index in [2.05, 4.69) is 24.3 Å². The number of nitrogens with one attached hydrogen (secondary N) is 1. The van der Waals surface area contributed by atoms with Crippen LogP contribution in [0, 0.1) is 5.92 Å². The molecule has 0 saturated carbocycles. The number of hydrogen-bond donors (Lipinski definition) is 1. The highest BCUT2D eigenvalue weighted by atomic mass is 16.5. The van der Waals surface area contributed by atoms with Gasteiger partial charge < -0.3 is 14.6 Å². The van der Waals surface area contributed by atoms with Gasteiger partial charge in [0.2, 0.25) is 0 Å². The zero-order valence-corrected chi connectivity index (χ0v) is 10.7. The third-order valence-electron chi connectivity index (χ3n) is 3.58. The van der Waals surface area contributed by atoms with Crippen LogP contribution in [0.4, 0.5) is 0 Å². The first-order valence-electron chi connectivity index (χ1n) is 6.54. The van der Waals surface area contributed by atoms with Gasteiger partial charge in [-0.3, -0.25) is 0 Å². The Morgan fingerprint density at radius 1 is 1.59 bits per heavy atom. The third-order valence-corrected chi connectivity index (χ3v) is 3.58. The Kier molecular flexibility index (Phi) is 4.57. The van der Waals surface area contributed by atoms with Gasteiger partial charge in [0.15, 0.2) is 0 Å². The minimum absolute atomic E-state index is 0.481. The van der Waals surface area contributed by atoms with E-state index >= 15 is 0 Å². The zero-order valence-electron chi connectivity index (χ0n) is 10.7. The predicted octanol–water partition coefficient (Wildman–Crippen LogP) is 2.14. The van der Waals surface area contributed by atoms with Gasteiger partial charge in [-0.25, -0.2) is 0 Å². The standard InChI is InChI=1S/C13H22N2O2/c1-3-13-12(9-17-15-13)7-14-10(2)11-5-4-6-16-8-11/h9-11,14H,3-8H2,1-2H3/t10-,11+/m1/s1. The van der Waals surface area contributed by atoms with Crippen LogP contribution in [0.3, 0.4) is 0 Å². The molecule has 0 aliphatic carbocycles. The van der Waals surface area contributed by atoms with Gasteiger partial charge in [-0.2, -0.15) is 0 Å². The van der Waals surface area contributed by atoms with Crippen LogP contribution >= 0.6 is 0 Å². The van der Waals surface area contributed by atoms with Crippen LogP contribution in [-0.4, -0.2) is 24.4 Å². The van der Waals surface area contributed by atoms with Crippen molar-refractivity contribution in [3.8, 4) is 0 Å². The van der Waals surface area contributed by atoms with Crippen molar-refractivity contribution in [3.63, 3.8) is 0 Å². The summed E-state index contributed by atoms with van der Waals surface area (Å²) in [6.45, 7) is 6.98. The lowest BCUT2D eigenvalue weighted by atomic mass is 9.95. The summed E-state index contributed by atoms with van der Waals surface area (Å²) in [6, 6.07) is 0.481. The Bertz CT molecular complexity index is 332. The number of aromatic nitrogens is 1. The number of aryl methyl sites for hydroxylation is 1. The maximum Gasteiger partial charge on any atom is 0.128 e. The second-order valence-electron chi connectivity index (χ2n) is 4.79. The van der Waals surface area contributed by atoms with Gasteiger partial charge in [0.05, 0.1) is 12.3 Å². The van der Waals surface area contributed by atoms with Gasteiger partial charge in [0.1, 0.15) is 6.26 Å². The summed E-state index contributed by atoms with van der Waals surface area (Å²) in [7, 11) is 0. The molecule has 1 fully saturated rings. The van der Waals surface area contributed by atoms with E-state index in [1.165, 1.54) is 18.4 Å². The van der Waals surface area contributed by atoms with E-state index in [9.17, 15) is 0 Å². The van der Waals surface area contributed by atoms with Crippen molar-refractivity contribution in [2.75, 3.05) is 13.2 Å². The molecule has 1 saturated heterocycles. The molecule has 0 bridgehead atoms. The van der Waals surface area contributed by atoms with Crippen LogP contribution < -0.4 is 5.32 Å². The maximum absolute atomic E-state index is 5.51. The average molecular weight is 238 g/mol. The van der Waals surface area contributed by atoms with E-state index in [0.29, 0.717) is 12.0 Å². The summed E-state index contributed by atoms with van der Waals surface area (Å²) in [5, 5.41) is 7.53. The first-order chi connectivity index (χ1) is 8.31. The molecular formula is C13H22N2O2. The van der Waals surface area contributed by atoms with Crippen LogP contribution in [0.1, 0.15) is 37.9 Å². The smallest absolute Gasteiger partial charge is 0.128 e. The Morgan fingerprint density at radius 3 is 3.18 bits per heavy atom. The van der Waals surface area contributed by atoms with Crippen LogP contribution in [0.15, 0.2) is 10.8 Å². The molecule has 1 aromatic rings. The fraction of sp³-hybridized carbons (Fsp3) is 0.769. The van der Waals surface area contributed by atoms with Crippen molar-refractivity contribution in [1.29, 1.82) is 0 Å². The summed E-state index contributed by atoms with van der Waals surface area (Å²) in [5.74, 6) is 0.633. The summed E-state index contributed by atoms with van der Waals surface area (Å²) in [4.78, 5) is 0. The van der Waals surface area contributed by atoms with E-state index in [0.717, 1.165) is 31.9 Å². The number of nitrogens with zero attached hydrogens (tertiary/aromatic N) is 1. The Balaban J connectivity index is 1.80. The number of hydrogen-bond acceptors (Lipinski definition) is 4. The maximum atomic E-state index is 5.51. The molecule has 1 aliphatic heterocycles. The third kappa shape index (κ3) is 3.30. The minimum atomic E-state index is 0.481. The van der Waals surface area contributed by atoms with E-state index in [4.69, 9.17) is 9.26 Å². The molecule has 1 aromatic heterocycles. The van der Waals surface area contributed by atoms with Crippen molar-refractivity contribution >= 4 is 0 Å².